The van der Waals surface area contributed by atoms with E-state index >= 15 is 0 Å². The van der Waals surface area contributed by atoms with E-state index < -0.39 is 29.9 Å². The van der Waals surface area contributed by atoms with Gasteiger partial charge in [0.1, 0.15) is 12.1 Å². The topological polar surface area (TPSA) is 162 Å². The molecule has 0 aromatic rings. The van der Waals surface area contributed by atoms with Gasteiger partial charge >= 0.3 is 41.5 Å². The predicted molar refractivity (Wildman–Crippen MR) is 179 cm³/mol. The maximum atomic E-state index is 12.9. The molecule has 46 heavy (non-hydrogen) atoms. The van der Waals surface area contributed by atoms with Crippen LogP contribution < -0.4 is 45.5 Å². The normalized spacial score (nSPS) is 12.0. The molecule has 10 nitrogen and oxygen atoms in total. The molecule has 0 aliphatic heterocycles. The van der Waals surface area contributed by atoms with Crippen LogP contribution in [0, 0.1) is 0 Å². The monoisotopic (exact) mass is 662 g/mol. The Morgan fingerprint density at radius 3 is 1.41 bits per heavy atom. The molecule has 0 aliphatic carbocycles. The van der Waals surface area contributed by atoms with Crippen molar-refractivity contribution in [3.8, 4) is 0 Å². The zero-order valence-corrected chi connectivity index (χ0v) is 31.5. The molecule has 0 saturated carbocycles. The van der Waals surface area contributed by atoms with Crippen LogP contribution in [0.1, 0.15) is 174 Å². The third-order valence-electron chi connectivity index (χ3n) is 8.17. The first kappa shape index (κ1) is 46.5. The zero-order chi connectivity index (χ0) is 33.5. The van der Waals surface area contributed by atoms with Crippen LogP contribution in [0.25, 0.3) is 0 Å². The van der Waals surface area contributed by atoms with Crippen molar-refractivity contribution in [1.82, 2.24) is 16.0 Å². The molecule has 0 aliphatic rings. The van der Waals surface area contributed by atoms with Gasteiger partial charge in [0.25, 0.3) is 0 Å². The number of amides is 3. The van der Waals surface area contributed by atoms with Crippen LogP contribution in [0.3, 0.4) is 0 Å². The van der Waals surface area contributed by atoms with Crippen molar-refractivity contribution in [1.29, 1.82) is 0 Å². The van der Waals surface area contributed by atoms with E-state index in [1.54, 1.807) is 0 Å². The van der Waals surface area contributed by atoms with Gasteiger partial charge in [-0.1, -0.05) is 117 Å². The van der Waals surface area contributed by atoms with Gasteiger partial charge in [-0.25, -0.2) is 4.79 Å². The largest absolute Gasteiger partial charge is 1.00 e. The summed E-state index contributed by atoms with van der Waals surface area (Å²) in [6, 6.07) is -2.29. The molecule has 0 radical (unpaired) electrons. The summed E-state index contributed by atoms with van der Waals surface area (Å²) >= 11 is 0. The summed E-state index contributed by atoms with van der Waals surface area (Å²) in [6.45, 7) is 4.84. The predicted octanol–water partition coefficient (Wildman–Crippen LogP) is 4.04. The molecular formula is C35H65N3NaO7+. The molecule has 0 saturated heterocycles. The van der Waals surface area contributed by atoms with Crippen LogP contribution >= 0.6 is 0 Å². The molecule has 0 unspecified atom stereocenters. The minimum Gasteiger partial charge on any atom is -0.481 e. The fourth-order valence-corrected chi connectivity index (χ4v) is 5.31. The molecule has 262 valence electrons. The minimum atomic E-state index is -1.20. The maximum Gasteiger partial charge on any atom is 1.00 e. The van der Waals surface area contributed by atoms with Crippen LogP contribution in [0.4, 0.5) is 0 Å². The van der Waals surface area contributed by atoms with Crippen molar-refractivity contribution in [3.05, 3.63) is 0 Å². The van der Waals surface area contributed by atoms with Crippen molar-refractivity contribution in [2.75, 3.05) is 6.54 Å². The number of aliphatic carboxylic acids is 2. The smallest absolute Gasteiger partial charge is 0.481 e. The maximum absolute atomic E-state index is 12.9. The number of unbranched alkanes of at least 4 members (excludes halogenated alkanes) is 17. The van der Waals surface area contributed by atoms with Gasteiger partial charge in [0.05, 0.1) is 0 Å². The van der Waals surface area contributed by atoms with Gasteiger partial charge in [0, 0.05) is 25.8 Å². The van der Waals surface area contributed by atoms with E-state index in [1.165, 1.54) is 70.6 Å². The quantitative estimate of drug-likeness (QED) is 0.0537. The first-order valence-electron chi connectivity index (χ1n) is 18.0. The van der Waals surface area contributed by atoms with Crippen LogP contribution in [0.2, 0.25) is 0 Å². The Kier molecular flexibility index (Phi) is 33.6. The third kappa shape index (κ3) is 29.7. The fraction of sp³-hybridized carbons (Fsp3) is 0.857. The van der Waals surface area contributed by atoms with Crippen LogP contribution in [0.5, 0.6) is 0 Å². The zero-order valence-electron chi connectivity index (χ0n) is 29.5. The minimum absolute atomic E-state index is 0. The number of hydrogen-bond acceptors (Lipinski definition) is 5. The fourth-order valence-electron chi connectivity index (χ4n) is 5.31. The van der Waals surface area contributed by atoms with Gasteiger partial charge in [-0.2, -0.15) is 0 Å². The van der Waals surface area contributed by atoms with Gasteiger partial charge in [-0.3, -0.25) is 19.2 Å². The van der Waals surface area contributed by atoms with Gasteiger partial charge in [0.2, 0.25) is 17.7 Å². The van der Waals surface area contributed by atoms with Gasteiger partial charge in [-0.05, 0) is 38.5 Å². The van der Waals surface area contributed by atoms with Crippen molar-refractivity contribution in [2.24, 2.45) is 0 Å². The molecule has 2 atom stereocenters. The second kappa shape index (κ2) is 33.3. The van der Waals surface area contributed by atoms with Crippen LogP contribution in [-0.4, -0.2) is 58.5 Å². The number of hydrogen-bond donors (Lipinski definition) is 5. The van der Waals surface area contributed by atoms with Gasteiger partial charge < -0.3 is 26.2 Å². The summed E-state index contributed by atoms with van der Waals surface area (Å²) in [5.41, 5.74) is 0. The molecule has 0 bridgehead atoms. The Balaban J connectivity index is 0. The summed E-state index contributed by atoms with van der Waals surface area (Å²) in [5, 5.41) is 26.7. The van der Waals surface area contributed by atoms with Crippen LogP contribution in [0.15, 0.2) is 0 Å². The number of carboxylic acid groups (broad SMARTS) is 2. The van der Waals surface area contributed by atoms with Crippen molar-refractivity contribution < 1.29 is 63.7 Å². The van der Waals surface area contributed by atoms with Crippen molar-refractivity contribution in [2.45, 2.75) is 186 Å². The molecule has 0 fully saturated rings. The van der Waals surface area contributed by atoms with E-state index in [-0.39, 0.29) is 67.1 Å². The molecule has 0 rings (SSSR count). The molecule has 0 heterocycles. The molecule has 0 aromatic heterocycles. The Morgan fingerprint density at radius 1 is 0.500 bits per heavy atom. The van der Waals surface area contributed by atoms with Gasteiger partial charge in [-0.15, -0.1) is 0 Å². The molecule has 3 amide bonds. The summed E-state index contributed by atoms with van der Waals surface area (Å²) in [6.07, 6.45) is 22.2. The second-order valence-corrected chi connectivity index (χ2v) is 12.5. The van der Waals surface area contributed by atoms with E-state index in [1.807, 2.05) is 0 Å². The van der Waals surface area contributed by atoms with Crippen molar-refractivity contribution in [3.63, 3.8) is 0 Å². The Hall–Kier alpha value is -1.65. The van der Waals surface area contributed by atoms with Gasteiger partial charge in [0.15, 0.2) is 0 Å². The van der Waals surface area contributed by atoms with Crippen molar-refractivity contribution >= 4 is 29.7 Å². The second-order valence-electron chi connectivity index (χ2n) is 12.5. The molecular weight excluding hydrogens is 597 g/mol. The number of carbonyl (C=O) groups is 5. The first-order chi connectivity index (χ1) is 21.7. The molecule has 11 heteroatoms. The Bertz CT molecular complexity index is 813. The average molecular weight is 663 g/mol. The Labute approximate surface area is 301 Å². The molecule has 0 spiro atoms. The van der Waals surface area contributed by atoms with E-state index in [2.05, 4.69) is 29.8 Å². The molecule has 5 N–H and O–H groups in total. The summed E-state index contributed by atoms with van der Waals surface area (Å²) in [4.78, 5) is 60.4. The SMILES string of the molecule is CCCCCCCCCCCC(=O)NCCCC[C@H](NC(=O)[C@H](CCC(=O)O)NC(=O)CCCCCCCCCCC)C(=O)O.[Na+]. The first-order valence-corrected chi connectivity index (χ1v) is 18.0. The summed E-state index contributed by atoms with van der Waals surface area (Å²) in [7, 11) is 0. The average Bonchev–Trinajstić information content (AvgIpc) is 3.00. The Morgan fingerprint density at radius 2 is 0.957 bits per heavy atom. The van der Waals surface area contributed by atoms with E-state index in [9.17, 15) is 29.1 Å². The number of nitrogens with one attached hydrogen (secondary N) is 3. The number of rotatable bonds is 32. The summed E-state index contributed by atoms with van der Waals surface area (Å²) < 4.78 is 0. The molecule has 0 aromatic carbocycles. The van der Waals surface area contributed by atoms with E-state index in [0.29, 0.717) is 32.2 Å². The number of carbonyl (C=O) groups excluding carboxylic acids is 3. The summed E-state index contributed by atoms with van der Waals surface area (Å²) in [5.74, 6) is -3.33. The standard InChI is InChI=1S/C35H65N3O7.Na/c1-3-5-7-9-11-13-15-17-19-24-31(39)36-28-22-21-23-30(35(44)45)38-34(43)29(26-27-33(41)42)37-32(40)25-20-18-16-14-12-10-8-6-4-2;/h29-30H,3-28H2,1-2H3,(H,36,39)(H,37,40)(H,38,43)(H,41,42)(H,44,45);/q;+1/t29-,30-;/m0./s1. The van der Waals surface area contributed by atoms with E-state index in [0.717, 1.165) is 38.5 Å². The third-order valence-corrected chi connectivity index (χ3v) is 8.17. The van der Waals surface area contributed by atoms with E-state index in [4.69, 9.17) is 5.11 Å². The number of carboxylic acids is 2. The van der Waals surface area contributed by atoms with Crippen LogP contribution in [-0.2, 0) is 24.0 Å².